The molecule has 2 N–H and O–H groups in total. The number of aromatic nitrogens is 2. The summed E-state index contributed by atoms with van der Waals surface area (Å²) >= 11 is 0. The molecule has 2 rings (SSSR count). The van der Waals surface area contributed by atoms with Gasteiger partial charge in [0.1, 0.15) is 0 Å². The van der Waals surface area contributed by atoms with Crippen LogP contribution in [0.25, 0.3) is 11.3 Å². The number of aryl methyl sites for hydroxylation is 2. The van der Waals surface area contributed by atoms with Crippen molar-refractivity contribution < 1.29 is 0 Å². The van der Waals surface area contributed by atoms with Crippen molar-refractivity contribution in [3.8, 4) is 11.3 Å². The van der Waals surface area contributed by atoms with Crippen LogP contribution in [0, 0.1) is 6.92 Å². The van der Waals surface area contributed by atoms with Crippen LogP contribution in [0.2, 0.25) is 0 Å². The molecular formula is C12H15N3. The van der Waals surface area contributed by atoms with E-state index in [2.05, 4.69) is 30.2 Å². The van der Waals surface area contributed by atoms with Crippen LogP contribution in [0.1, 0.15) is 11.1 Å². The third-order valence-electron chi connectivity index (χ3n) is 2.53. The molecule has 0 radical (unpaired) electrons. The monoisotopic (exact) mass is 201 g/mol. The highest BCUT2D eigenvalue weighted by atomic mass is 15.2. The summed E-state index contributed by atoms with van der Waals surface area (Å²) in [6, 6.07) is 8.27. The summed E-state index contributed by atoms with van der Waals surface area (Å²) in [5, 5.41) is 4.39. The van der Waals surface area contributed by atoms with Crippen molar-refractivity contribution in [2.45, 2.75) is 13.5 Å². The first-order valence-corrected chi connectivity index (χ1v) is 5.00. The van der Waals surface area contributed by atoms with Crippen LogP contribution < -0.4 is 5.73 Å². The highest BCUT2D eigenvalue weighted by molar-refractivity contribution is 5.63. The Morgan fingerprint density at radius 2 is 2.13 bits per heavy atom. The molecule has 1 heterocycles. The van der Waals surface area contributed by atoms with Gasteiger partial charge >= 0.3 is 0 Å². The van der Waals surface area contributed by atoms with Crippen molar-refractivity contribution >= 4 is 0 Å². The van der Waals surface area contributed by atoms with Crippen molar-refractivity contribution in [2.24, 2.45) is 12.8 Å². The predicted octanol–water partition coefficient (Wildman–Crippen LogP) is 1.85. The average molecular weight is 201 g/mol. The van der Waals surface area contributed by atoms with E-state index in [1.807, 2.05) is 24.0 Å². The van der Waals surface area contributed by atoms with E-state index in [0.29, 0.717) is 6.54 Å². The number of nitrogens with two attached hydrogens (primary N) is 1. The molecule has 1 aromatic carbocycles. The van der Waals surface area contributed by atoms with E-state index in [1.165, 1.54) is 11.1 Å². The summed E-state index contributed by atoms with van der Waals surface area (Å²) in [4.78, 5) is 0. The van der Waals surface area contributed by atoms with Gasteiger partial charge in [-0.15, -0.1) is 0 Å². The fourth-order valence-corrected chi connectivity index (χ4v) is 1.63. The molecule has 0 fully saturated rings. The molecule has 78 valence electrons. The van der Waals surface area contributed by atoms with Gasteiger partial charge in [0.05, 0.1) is 5.69 Å². The van der Waals surface area contributed by atoms with Crippen molar-refractivity contribution in [1.82, 2.24) is 9.78 Å². The molecule has 0 atom stereocenters. The Morgan fingerprint density at radius 3 is 2.73 bits per heavy atom. The number of hydrogen-bond donors (Lipinski definition) is 1. The minimum atomic E-state index is 0.570. The lowest BCUT2D eigenvalue weighted by molar-refractivity contribution is 0.770. The molecule has 1 aromatic heterocycles. The zero-order valence-electron chi connectivity index (χ0n) is 9.07. The second-order valence-electron chi connectivity index (χ2n) is 3.73. The van der Waals surface area contributed by atoms with Crippen LogP contribution in [0.3, 0.4) is 0 Å². The SMILES string of the molecule is Cc1ccc(CN)cc1-c1ccn(C)n1. The first kappa shape index (κ1) is 9.93. The smallest absolute Gasteiger partial charge is 0.0925 e. The first-order chi connectivity index (χ1) is 7.20. The molecular weight excluding hydrogens is 186 g/mol. The highest BCUT2D eigenvalue weighted by Gasteiger charge is 2.05. The minimum absolute atomic E-state index is 0.570. The molecule has 0 spiro atoms. The third kappa shape index (κ3) is 1.92. The lowest BCUT2D eigenvalue weighted by atomic mass is 10.0. The number of benzene rings is 1. The molecule has 0 aliphatic heterocycles. The van der Waals surface area contributed by atoms with Gasteiger partial charge in [0.25, 0.3) is 0 Å². The maximum Gasteiger partial charge on any atom is 0.0925 e. The van der Waals surface area contributed by atoms with E-state index in [-0.39, 0.29) is 0 Å². The minimum Gasteiger partial charge on any atom is -0.326 e. The van der Waals surface area contributed by atoms with E-state index in [1.54, 1.807) is 0 Å². The molecule has 0 unspecified atom stereocenters. The molecule has 0 bridgehead atoms. The Balaban J connectivity index is 2.51. The van der Waals surface area contributed by atoms with Crippen molar-refractivity contribution in [3.05, 3.63) is 41.6 Å². The Bertz CT molecular complexity index is 471. The zero-order valence-corrected chi connectivity index (χ0v) is 9.07. The number of hydrogen-bond acceptors (Lipinski definition) is 2. The number of nitrogens with zero attached hydrogens (tertiary/aromatic N) is 2. The zero-order chi connectivity index (χ0) is 10.8. The molecule has 15 heavy (non-hydrogen) atoms. The fourth-order valence-electron chi connectivity index (χ4n) is 1.63. The van der Waals surface area contributed by atoms with Crippen molar-refractivity contribution in [3.63, 3.8) is 0 Å². The Kier molecular flexibility index (Phi) is 2.56. The van der Waals surface area contributed by atoms with E-state index in [4.69, 9.17) is 5.73 Å². The van der Waals surface area contributed by atoms with E-state index in [0.717, 1.165) is 11.3 Å². The van der Waals surface area contributed by atoms with Crippen LogP contribution in [0.15, 0.2) is 30.5 Å². The normalized spacial score (nSPS) is 10.6. The van der Waals surface area contributed by atoms with Gasteiger partial charge in [-0.3, -0.25) is 4.68 Å². The standard InChI is InChI=1S/C12H15N3/c1-9-3-4-10(8-13)7-11(9)12-5-6-15(2)14-12/h3-7H,8,13H2,1-2H3. The third-order valence-corrected chi connectivity index (χ3v) is 2.53. The predicted molar refractivity (Wildman–Crippen MR) is 61.3 cm³/mol. The van der Waals surface area contributed by atoms with Crippen molar-refractivity contribution in [2.75, 3.05) is 0 Å². The summed E-state index contributed by atoms with van der Waals surface area (Å²) in [5.41, 5.74) is 10.2. The first-order valence-electron chi connectivity index (χ1n) is 5.00. The molecule has 3 heteroatoms. The van der Waals surface area contributed by atoms with Gasteiger partial charge in [0.15, 0.2) is 0 Å². The summed E-state index contributed by atoms with van der Waals surface area (Å²) in [7, 11) is 1.92. The maximum atomic E-state index is 5.63. The fraction of sp³-hybridized carbons (Fsp3) is 0.250. The van der Waals surface area contributed by atoms with Crippen LogP contribution >= 0.6 is 0 Å². The summed E-state index contributed by atoms with van der Waals surface area (Å²) in [5.74, 6) is 0. The molecule has 0 amide bonds. The summed E-state index contributed by atoms with van der Waals surface area (Å²) < 4.78 is 1.81. The van der Waals surface area contributed by atoms with Gasteiger partial charge in [0.2, 0.25) is 0 Å². The van der Waals surface area contributed by atoms with Gasteiger partial charge in [-0.1, -0.05) is 12.1 Å². The van der Waals surface area contributed by atoms with Crippen LogP contribution in [-0.2, 0) is 13.6 Å². The van der Waals surface area contributed by atoms with Gasteiger partial charge in [-0.2, -0.15) is 5.10 Å². The van der Waals surface area contributed by atoms with Crippen LogP contribution in [0.4, 0.5) is 0 Å². The molecule has 0 saturated carbocycles. The van der Waals surface area contributed by atoms with Crippen molar-refractivity contribution in [1.29, 1.82) is 0 Å². The van der Waals surface area contributed by atoms with E-state index >= 15 is 0 Å². The summed E-state index contributed by atoms with van der Waals surface area (Å²) in [6.45, 7) is 2.66. The molecule has 0 aliphatic carbocycles. The van der Waals surface area contributed by atoms with Gasteiger partial charge in [-0.25, -0.2) is 0 Å². The maximum absolute atomic E-state index is 5.63. The number of rotatable bonds is 2. The molecule has 2 aromatic rings. The van der Waals surface area contributed by atoms with Gasteiger partial charge in [0, 0.05) is 25.4 Å². The largest absolute Gasteiger partial charge is 0.326 e. The van der Waals surface area contributed by atoms with Crippen LogP contribution in [0.5, 0.6) is 0 Å². The molecule has 0 aliphatic rings. The quantitative estimate of drug-likeness (QED) is 0.806. The lowest BCUT2D eigenvalue weighted by Crippen LogP contribution is -1.97. The Morgan fingerprint density at radius 1 is 1.33 bits per heavy atom. The van der Waals surface area contributed by atoms with Crippen LogP contribution in [-0.4, -0.2) is 9.78 Å². The average Bonchev–Trinajstić information content (AvgIpc) is 2.65. The Labute approximate surface area is 89.5 Å². The van der Waals surface area contributed by atoms with E-state index in [9.17, 15) is 0 Å². The summed E-state index contributed by atoms with van der Waals surface area (Å²) in [6.07, 6.45) is 1.95. The topological polar surface area (TPSA) is 43.8 Å². The second kappa shape index (κ2) is 3.87. The highest BCUT2D eigenvalue weighted by Crippen LogP contribution is 2.22. The van der Waals surface area contributed by atoms with Gasteiger partial charge < -0.3 is 5.73 Å². The second-order valence-corrected chi connectivity index (χ2v) is 3.73. The molecule has 0 saturated heterocycles. The Hall–Kier alpha value is -1.61. The lowest BCUT2D eigenvalue weighted by Gasteiger charge is -2.05. The van der Waals surface area contributed by atoms with E-state index < -0.39 is 0 Å². The molecule has 3 nitrogen and oxygen atoms in total. The van der Waals surface area contributed by atoms with Gasteiger partial charge in [-0.05, 0) is 30.2 Å².